The molecule has 3 aromatic rings. The molecule has 0 saturated carbocycles. The van der Waals surface area contributed by atoms with Crippen molar-refractivity contribution in [3.63, 3.8) is 0 Å². The quantitative estimate of drug-likeness (QED) is 0.570. The monoisotopic (exact) mass is 357 g/mol. The molecule has 136 valence electrons. The van der Waals surface area contributed by atoms with Gasteiger partial charge in [-0.25, -0.2) is 0 Å². The van der Waals surface area contributed by atoms with Crippen molar-refractivity contribution in [2.45, 2.75) is 18.0 Å². The van der Waals surface area contributed by atoms with Crippen LogP contribution in [0.5, 0.6) is 0 Å². The highest BCUT2D eigenvalue weighted by molar-refractivity contribution is 5.75. The Morgan fingerprint density at radius 2 is 1.19 bits per heavy atom. The smallest absolute Gasteiger partial charge is 0.321 e. The van der Waals surface area contributed by atoms with E-state index in [9.17, 15) is 9.90 Å². The number of aliphatic carboxylic acids is 1. The first-order valence-electron chi connectivity index (χ1n) is 8.97. The number of carboxylic acid groups (broad SMARTS) is 1. The van der Waals surface area contributed by atoms with Crippen molar-refractivity contribution in [1.82, 2.24) is 5.32 Å². The Labute approximate surface area is 160 Å². The van der Waals surface area contributed by atoms with Crippen LogP contribution in [-0.4, -0.2) is 17.1 Å². The van der Waals surface area contributed by atoms with E-state index in [1.165, 1.54) is 0 Å². The van der Waals surface area contributed by atoms with E-state index in [0.29, 0.717) is 0 Å². The van der Waals surface area contributed by atoms with Gasteiger partial charge >= 0.3 is 5.97 Å². The van der Waals surface area contributed by atoms with Crippen LogP contribution in [0.1, 0.15) is 28.7 Å². The molecule has 0 amide bonds. The normalized spacial score (nSPS) is 13.1. The number of carbonyl (C=O) groups is 1. The molecule has 2 atom stereocenters. The first-order chi connectivity index (χ1) is 13.2. The molecule has 3 aromatic carbocycles. The summed E-state index contributed by atoms with van der Waals surface area (Å²) in [5, 5.41) is 13.3. The Kier molecular flexibility index (Phi) is 6.18. The average molecular weight is 357 g/mol. The van der Waals surface area contributed by atoms with E-state index in [2.05, 4.69) is 11.9 Å². The van der Waals surface area contributed by atoms with E-state index < -0.39 is 12.0 Å². The van der Waals surface area contributed by atoms with Gasteiger partial charge in [-0.05, 0) is 16.7 Å². The minimum Gasteiger partial charge on any atom is -0.480 e. The van der Waals surface area contributed by atoms with Gasteiger partial charge < -0.3 is 5.11 Å². The second-order valence-corrected chi connectivity index (χ2v) is 6.41. The highest BCUT2D eigenvalue weighted by Crippen LogP contribution is 2.27. The summed E-state index contributed by atoms with van der Waals surface area (Å²) >= 11 is 0. The molecule has 3 nitrogen and oxygen atoms in total. The van der Waals surface area contributed by atoms with Gasteiger partial charge in [0.1, 0.15) is 6.04 Å². The second kappa shape index (κ2) is 8.97. The number of hydrogen-bond acceptors (Lipinski definition) is 2. The van der Waals surface area contributed by atoms with E-state index in [1.807, 2.05) is 91.0 Å². The maximum absolute atomic E-state index is 12.2. The lowest BCUT2D eigenvalue weighted by Gasteiger charge is -2.28. The van der Waals surface area contributed by atoms with Crippen LogP contribution >= 0.6 is 0 Å². The predicted molar refractivity (Wildman–Crippen MR) is 109 cm³/mol. The molecule has 0 heterocycles. The van der Waals surface area contributed by atoms with E-state index in [-0.39, 0.29) is 12.0 Å². The van der Waals surface area contributed by atoms with Gasteiger partial charge in [-0.2, -0.15) is 0 Å². The van der Waals surface area contributed by atoms with Crippen molar-refractivity contribution in [2.24, 2.45) is 0 Å². The Bertz CT molecular complexity index is 823. The van der Waals surface area contributed by atoms with Crippen LogP contribution in [0.15, 0.2) is 104 Å². The number of benzene rings is 3. The third kappa shape index (κ3) is 4.52. The third-order valence-electron chi connectivity index (χ3n) is 4.68. The summed E-state index contributed by atoms with van der Waals surface area (Å²) in [6.07, 6.45) is 1.70. The van der Waals surface area contributed by atoms with Gasteiger partial charge in [0.25, 0.3) is 0 Å². The number of carboxylic acids is 1. The Morgan fingerprint density at radius 3 is 1.56 bits per heavy atom. The summed E-state index contributed by atoms with van der Waals surface area (Å²) in [5.41, 5.74) is 2.96. The fraction of sp³-hybridized carbons (Fsp3) is 0.125. The van der Waals surface area contributed by atoms with Gasteiger partial charge in [0, 0.05) is 5.92 Å². The van der Waals surface area contributed by atoms with Crippen molar-refractivity contribution in [3.05, 3.63) is 120 Å². The summed E-state index contributed by atoms with van der Waals surface area (Å²) in [6.45, 7) is 3.89. The van der Waals surface area contributed by atoms with Gasteiger partial charge in [-0.15, -0.1) is 6.58 Å². The van der Waals surface area contributed by atoms with Gasteiger partial charge in [-0.1, -0.05) is 97.1 Å². The van der Waals surface area contributed by atoms with Crippen LogP contribution in [0.25, 0.3) is 0 Å². The Balaban J connectivity index is 1.99. The lowest BCUT2D eigenvalue weighted by molar-refractivity contribution is -0.140. The van der Waals surface area contributed by atoms with Gasteiger partial charge in [0.2, 0.25) is 0 Å². The molecular formula is C24H23NO2. The topological polar surface area (TPSA) is 49.3 Å². The van der Waals surface area contributed by atoms with Crippen LogP contribution in [0.4, 0.5) is 0 Å². The minimum atomic E-state index is -0.902. The molecule has 0 fully saturated rings. The number of hydrogen-bond donors (Lipinski definition) is 2. The molecule has 0 aromatic heterocycles. The molecule has 0 aliphatic rings. The van der Waals surface area contributed by atoms with Gasteiger partial charge in [-0.3, -0.25) is 10.1 Å². The first kappa shape index (κ1) is 18.6. The minimum absolute atomic E-state index is 0.236. The molecule has 0 aliphatic carbocycles. The first-order valence-corrected chi connectivity index (χ1v) is 8.97. The highest BCUT2D eigenvalue weighted by Gasteiger charge is 2.30. The van der Waals surface area contributed by atoms with E-state index >= 15 is 0 Å². The lowest BCUT2D eigenvalue weighted by Crippen LogP contribution is -2.43. The highest BCUT2D eigenvalue weighted by atomic mass is 16.4. The molecule has 27 heavy (non-hydrogen) atoms. The third-order valence-corrected chi connectivity index (χ3v) is 4.68. The lowest BCUT2D eigenvalue weighted by atomic mass is 9.89. The standard InChI is InChI=1S/C24H23NO2/c1-2-21(18-12-6-3-7-13-18)23(24(26)27)25-22(19-14-8-4-9-15-19)20-16-10-5-11-17-20/h2-17,21-23,25H,1H2,(H,26,27)/t21-,23+/m0/s1. The largest absolute Gasteiger partial charge is 0.480 e. The Hall–Kier alpha value is -3.17. The maximum Gasteiger partial charge on any atom is 0.321 e. The summed E-state index contributed by atoms with van der Waals surface area (Å²) < 4.78 is 0. The number of nitrogens with one attached hydrogen (secondary N) is 1. The van der Waals surface area contributed by atoms with Crippen molar-refractivity contribution in [2.75, 3.05) is 0 Å². The summed E-state index contributed by atoms with van der Waals surface area (Å²) in [6, 6.07) is 28.4. The van der Waals surface area contributed by atoms with Crippen molar-refractivity contribution >= 4 is 5.97 Å². The molecule has 3 heteroatoms. The zero-order valence-corrected chi connectivity index (χ0v) is 15.0. The molecule has 0 unspecified atom stereocenters. The fourth-order valence-electron chi connectivity index (χ4n) is 3.32. The molecule has 0 bridgehead atoms. The fourth-order valence-corrected chi connectivity index (χ4v) is 3.32. The summed E-state index contributed by atoms with van der Waals surface area (Å²) in [5.74, 6) is -1.25. The molecule has 3 rings (SSSR count). The van der Waals surface area contributed by atoms with Gasteiger partial charge in [0.15, 0.2) is 0 Å². The summed E-state index contributed by atoms with van der Waals surface area (Å²) in [4.78, 5) is 12.2. The molecule has 0 aliphatic heterocycles. The molecule has 2 N–H and O–H groups in total. The van der Waals surface area contributed by atoms with Crippen molar-refractivity contribution < 1.29 is 9.90 Å². The van der Waals surface area contributed by atoms with Crippen LogP contribution in [0, 0.1) is 0 Å². The molecule has 0 saturated heterocycles. The summed E-state index contributed by atoms with van der Waals surface area (Å²) in [7, 11) is 0. The van der Waals surface area contributed by atoms with E-state index in [0.717, 1.165) is 16.7 Å². The SMILES string of the molecule is C=C[C@@H](c1ccccc1)[C@@H](NC(c1ccccc1)c1ccccc1)C(=O)O. The van der Waals surface area contributed by atoms with Crippen molar-refractivity contribution in [1.29, 1.82) is 0 Å². The average Bonchev–Trinajstić information content (AvgIpc) is 2.73. The molecule has 0 radical (unpaired) electrons. The van der Waals surface area contributed by atoms with Crippen molar-refractivity contribution in [3.8, 4) is 0 Å². The zero-order chi connectivity index (χ0) is 19.1. The second-order valence-electron chi connectivity index (χ2n) is 6.41. The Morgan fingerprint density at radius 1 is 0.778 bits per heavy atom. The predicted octanol–water partition coefficient (Wildman–Crippen LogP) is 4.79. The van der Waals surface area contributed by atoms with E-state index in [4.69, 9.17) is 0 Å². The van der Waals surface area contributed by atoms with E-state index in [1.54, 1.807) is 6.08 Å². The molecule has 0 spiro atoms. The van der Waals surface area contributed by atoms with Crippen LogP contribution in [0.3, 0.4) is 0 Å². The van der Waals surface area contributed by atoms with Crippen LogP contribution < -0.4 is 5.32 Å². The zero-order valence-electron chi connectivity index (χ0n) is 15.0. The van der Waals surface area contributed by atoms with Gasteiger partial charge in [0.05, 0.1) is 6.04 Å². The maximum atomic E-state index is 12.2. The molecular weight excluding hydrogens is 334 g/mol. The number of rotatable bonds is 8. The van der Waals surface area contributed by atoms with Crippen LogP contribution in [0.2, 0.25) is 0 Å². The van der Waals surface area contributed by atoms with Crippen LogP contribution in [-0.2, 0) is 4.79 Å².